The molecule has 0 spiro atoms. The van der Waals surface area contributed by atoms with Gasteiger partial charge in [-0.15, -0.1) is 0 Å². The smallest absolute Gasteiger partial charge is 0.275 e. The molecule has 1 amide bonds. The second-order valence-corrected chi connectivity index (χ2v) is 8.49. The van der Waals surface area contributed by atoms with Crippen LogP contribution in [0, 0.1) is 11.3 Å². The van der Waals surface area contributed by atoms with Gasteiger partial charge < -0.3 is 14.6 Å². The van der Waals surface area contributed by atoms with Gasteiger partial charge in [0, 0.05) is 26.4 Å². The van der Waals surface area contributed by atoms with E-state index in [1.807, 2.05) is 18.2 Å². The molecule has 1 aromatic carbocycles. The van der Waals surface area contributed by atoms with Crippen molar-refractivity contribution in [3.63, 3.8) is 0 Å². The van der Waals surface area contributed by atoms with Crippen LogP contribution in [0.3, 0.4) is 0 Å². The third-order valence-electron chi connectivity index (χ3n) is 6.07. The molecule has 1 fully saturated rings. The van der Waals surface area contributed by atoms with E-state index in [2.05, 4.69) is 16.4 Å². The van der Waals surface area contributed by atoms with E-state index >= 15 is 0 Å². The van der Waals surface area contributed by atoms with E-state index in [1.165, 1.54) is 20.0 Å². The molecule has 2 aromatic rings. The molecule has 0 radical (unpaired) electrons. The lowest BCUT2D eigenvalue weighted by Gasteiger charge is -2.33. The fourth-order valence-electron chi connectivity index (χ4n) is 4.36. The van der Waals surface area contributed by atoms with Crippen LogP contribution in [-0.4, -0.2) is 60.2 Å². The number of halogens is 1. The van der Waals surface area contributed by atoms with Gasteiger partial charge in [0.15, 0.2) is 5.54 Å². The monoisotopic (exact) mass is 480 g/mol. The van der Waals surface area contributed by atoms with Crippen LogP contribution in [0.1, 0.15) is 29.7 Å². The zero-order chi connectivity index (χ0) is 24.7. The Morgan fingerprint density at radius 1 is 1.26 bits per heavy atom. The predicted octanol–water partition coefficient (Wildman–Crippen LogP) is 2.66. The van der Waals surface area contributed by atoms with Crippen LogP contribution in [0.25, 0.3) is 0 Å². The second-order valence-electron chi connectivity index (χ2n) is 8.49. The molecule has 0 aliphatic carbocycles. The van der Waals surface area contributed by atoms with Crippen LogP contribution in [0.15, 0.2) is 54.7 Å². The number of nitrogens with zero attached hydrogens (tertiary/aromatic N) is 5. The minimum absolute atomic E-state index is 0.00782. The third kappa shape index (κ3) is 5.59. The number of amides is 1. The number of benzene rings is 1. The number of hydrazine groups is 1. The van der Waals surface area contributed by atoms with E-state index in [0.29, 0.717) is 17.7 Å². The highest BCUT2D eigenvalue weighted by molar-refractivity contribution is 5.88. The van der Waals surface area contributed by atoms with E-state index in [4.69, 9.17) is 14.6 Å². The van der Waals surface area contributed by atoms with Gasteiger partial charge in [0.1, 0.15) is 5.82 Å². The van der Waals surface area contributed by atoms with Crippen LogP contribution in [0.5, 0.6) is 0 Å². The van der Waals surface area contributed by atoms with Crippen LogP contribution >= 0.6 is 0 Å². The van der Waals surface area contributed by atoms with Gasteiger partial charge in [-0.25, -0.2) is 24.7 Å². The number of methoxy groups -OCH3 is 1. The van der Waals surface area contributed by atoms with Gasteiger partial charge >= 0.3 is 0 Å². The van der Waals surface area contributed by atoms with Crippen molar-refractivity contribution in [2.45, 2.75) is 31.5 Å². The Morgan fingerprint density at radius 3 is 2.80 bits per heavy atom. The highest BCUT2D eigenvalue weighted by Gasteiger charge is 2.44. The summed E-state index contributed by atoms with van der Waals surface area (Å²) in [5.41, 5.74) is 3.64. The quantitative estimate of drug-likeness (QED) is 0.519. The number of alkyl halides is 1. The molecule has 1 saturated heterocycles. The molecule has 2 aliphatic heterocycles. The van der Waals surface area contributed by atoms with Crippen molar-refractivity contribution in [1.29, 1.82) is 5.26 Å². The highest BCUT2D eigenvalue weighted by Crippen LogP contribution is 2.24. The van der Waals surface area contributed by atoms with Crippen LogP contribution in [0.2, 0.25) is 0 Å². The highest BCUT2D eigenvalue weighted by atomic mass is 19.1. The molecule has 0 saturated carbocycles. The van der Waals surface area contributed by atoms with Crippen molar-refractivity contribution in [3.05, 3.63) is 71.6 Å². The van der Waals surface area contributed by atoms with Gasteiger partial charge in [-0.2, -0.15) is 5.26 Å². The molecule has 2 aliphatic rings. The topological polar surface area (TPSA) is 94.0 Å². The number of rotatable bonds is 10. The molecule has 3 heterocycles. The van der Waals surface area contributed by atoms with Crippen molar-refractivity contribution < 1.29 is 18.8 Å². The Balaban J connectivity index is 1.50. The van der Waals surface area contributed by atoms with E-state index in [1.54, 1.807) is 41.6 Å². The summed E-state index contributed by atoms with van der Waals surface area (Å²) >= 11 is 0. The maximum atomic E-state index is 13.6. The van der Waals surface area contributed by atoms with Gasteiger partial charge in [0.05, 0.1) is 37.0 Å². The summed E-state index contributed by atoms with van der Waals surface area (Å²) in [5.74, 6) is 0.406. The number of nitrogens with one attached hydrogen (secondary N) is 1. The molecule has 35 heavy (non-hydrogen) atoms. The molecule has 0 bridgehead atoms. The Hall–Kier alpha value is -3.52. The van der Waals surface area contributed by atoms with Crippen molar-refractivity contribution >= 4 is 11.7 Å². The molecule has 1 N–H and O–H groups in total. The number of hydroxylamine groups is 2. The van der Waals surface area contributed by atoms with Crippen molar-refractivity contribution in [1.82, 2.24) is 20.5 Å². The SMILES string of the molecule is COCC1(C(=O)N(Cc2ccccc2C#N)OCF)C=CN(Cc2cccc(N3CCCC3)n2)N1. The zero-order valence-corrected chi connectivity index (χ0v) is 19.7. The number of carbonyl (C=O) groups is 1. The number of carbonyl (C=O) groups excluding carboxylic acids is 1. The standard InChI is InChI=1S/C25H29FN6O3/c1-34-18-25(24(33)32(35-19-26)16-21-8-3-2-7-20(21)15-27)11-14-31(29-25)17-22-9-6-10-23(28-22)30-12-4-5-13-30/h2-3,6-11,14,29H,4-5,12-13,16-19H2,1H3. The first-order valence-electron chi connectivity index (χ1n) is 11.5. The van der Waals surface area contributed by atoms with E-state index < -0.39 is 18.3 Å². The first-order valence-corrected chi connectivity index (χ1v) is 11.5. The lowest BCUT2D eigenvalue weighted by atomic mass is 10.0. The zero-order valence-electron chi connectivity index (χ0n) is 19.7. The Kier molecular flexibility index (Phi) is 7.92. The first kappa shape index (κ1) is 24.6. The van der Waals surface area contributed by atoms with Gasteiger partial charge in [0.25, 0.3) is 5.91 Å². The lowest BCUT2D eigenvalue weighted by molar-refractivity contribution is -0.211. The normalized spacial score (nSPS) is 19.2. The second kappa shape index (κ2) is 11.3. The fourth-order valence-corrected chi connectivity index (χ4v) is 4.36. The molecular formula is C25H29FN6O3. The first-order chi connectivity index (χ1) is 17.1. The number of nitriles is 1. The molecule has 1 atom stereocenters. The maximum absolute atomic E-state index is 13.6. The minimum Gasteiger partial charge on any atom is -0.382 e. The summed E-state index contributed by atoms with van der Waals surface area (Å²) < 4.78 is 18.6. The average molecular weight is 481 g/mol. The fraction of sp³-hybridized carbons (Fsp3) is 0.400. The summed E-state index contributed by atoms with van der Waals surface area (Å²) in [6.07, 6.45) is 5.76. The lowest BCUT2D eigenvalue weighted by Crippen LogP contribution is -2.60. The van der Waals surface area contributed by atoms with E-state index in [-0.39, 0.29) is 13.2 Å². The number of ether oxygens (including phenoxy) is 1. The van der Waals surface area contributed by atoms with Crippen LogP contribution in [0.4, 0.5) is 10.2 Å². The van der Waals surface area contributed by atoms with Crippen molar-refractivity contribution in [3.8, 4) is 6.07 Å². The molecule has 10 heteroatoms. The molecular weight excluding hydrogens is 451 g/mol. The van der Waals surface area contributed by atoms with Crippen LogP contribution < -0.4 is 10.3 Å². The third-order valence-corrected chi connectivity index (χ3v) is 6.07. The predicted molar refractivity (Wildman–Crippen MR) is 127 cm³/mol. The summed E-state index contributed by atoms with van der Waals surface area (Å²) in [4.78, 5) is 25.7. The van der Waals surface area contributed by atoms with E-state index in [9.17, 15) is 14.4 Å². The molecule has 4 rings (SSSR count). The van der Waals surface area contributed by atoms with Crippen molar-refractivity contribution in [2.75, 3.05) is 38.6 Å². The maximum Gasteiger partial charge on any atom is 0.275 e. The number of anilines is 1. The Morgan fingerprint density at radius 2 is 2.06 bits per heavy atom. The number of pyridine rings is 1. The largest absolute Gasteiger partial charge is 0.382 e. The average Bonchev–Trinajstić information content (AvgIpc) is 3.55. The summed E-state index contributed by atoms with van der Waals surface area (Å²) in [5, 5.41) is 12.1. The molecule has 1 unspecified atom stereocenters. The minimum atomic E-state index is -1.31. The Labute approximate surface area is 204 Å². The number of aromatic nitrogens is 1. The summed E-state index contributed by atoms with van der Waals surface area (Å²) in [6.45, 7) is 1.13. The summed E-state index contributed by atoms with van der Waals surface area (Å²) in [6, 6.07) is 14.8. The van der Waals surface area contributed by atoms with Crippen LogP contribution in [-0.2, 0) is 27.5 Å². The molecule has 184 valence electrons. The van der Waals surface area contributed by atoms with Gasteiger partial charge in [-0.3, -0.25) is 4.79 Å². The van der Waals surface area contributed by atoms with E-state index in [0.717, 1.165) is 29.7 Å². The van der Waals surface area contributed by atoms with Gasteiger partial charge in [0.2, 0.25) is 6.86 Å². The van der Waals surface area contributed by atoms with Crippen molar-refractivity contribution in [2.24, 2.45) is 0 Å². The molecule has 9 nitrogen and oxygen atoms in total. The Bertz CT molecular complexity index is 1100. The molecule has 1 aromatic heterocycles. The summed E-state index contributed by atoms with van der Waals surface area (Å²) in [7, 11) is 1.49. The number of hydrogen-bond donors (Lipinski definition) is 1. The number of hydrogen-bond acceptors (Lipinski definition) is 8. The van der Waals surface area contributed by atoms with Gasteiger partial charge in [-0.1, -0.05) is 24.3 Å². The van der Waals surface area contributed by atoms with Gasteiger partial charge in [-0.05, 0) is 42.7 Å².